The maximum Gasteiger partial charge on any atom is 0.338 e. The van der Waals surface area contributed by atoms with Crippen LogP contribution in [0.4, 0.5) is 5.69 Å². The number of carbonyl (C=O) groups is 2. The summed E-state index contributed by atoms with van der Waals surface area (Å²) in [5, 5.41) is 0. The summed E-state index contributed by atoms with van der Waals surface area (Å²) in [6.45, 7) is 1.97. The third-order valence-electron chi connectivity index (χ3n) is 3.13. The van der Waals surface area contributed by atoms with Gasteiger partial charge in [0.1, 0.15) is 6.61 Å². The summed E-state index contributed by atoms with van der Waals surface area (Å²) >= 11 is 0. The van der Waals surface area contributed by atoms with Crippen molar-refractivity contribution >= 4 is 17.6 Å². The number of carbonyl (C=O) groups excluding carboxylic acids is 2. The van der Waals surface area contributed by atoms with E-state index in [1.54, 1.807) is 42.5 Å². The molecular weight excluding hydrogens is 268 g/mol. The Kier molecular flexibility index (Phi) is 4.23. The molecule has 0 spiro atoms. The molecule has 0 saturated carbocycles. The fourth-order valence-electron chi connectivity index (χ4n) is 1.86. The Bertz CT molecular complexity index is 678. The number of esters is 1. The molecular formula is C16H16N2O3. The van der Waals surface area contributed by atoms with Crippen molar-refractivity contribution in [1.82, 2.24) is 0 Å². The molecule has 5 heteroatoms. The Morgan fingerprint density at radius 2 is 1.67 bits per heavy atom. The highest BCUT2D eigenvalue weighted by Crippen LogP contribution is 2.14. The van der Waals surface area contributed by atoms with Gasteiger partial charge in [-0.25, -0.2) is 4.79 Å². The van der Waals surface area contributed by atoms with Crippen LogP contribution in [0.1, 0.15) is 31.8 Å². The van der Waals surface area contributed by atoms with Crippen LogP contribution in [0.2, 0.25) is 0 Å². The van der Waals surface area contributed by atoms with E-state index in [-0.39, 0.29) is 6.61 Å². The van der Waals surface area contributed by atoms with Crippen LogP contribution in [0.3, 0.4) is 0 Å². The lowest BCUT2D eigenvalue weighted by atomic mass is 10.1. The number of nitrogens with two attached hydrogens (primary N) is 2. The van der Waals surface area contributed by atoms with Crippen molar-refractivity contribution in [2.75, 3.05) is 5.73 Å². The van der Waals surface area contributed by atoms with Gasteiger partial charge >= 0.3 is 5.97 Å². The molecule has 0 heterocycles. The Labute approximate surface area is 122 Å². The number of rotatable bonds is 4. The Morgan fingerprint density at radius 1 is 1.05 bits per heavy atom. The van der Waals surface area contributed by atoms with E-state index in [4.69, 9.17) is 16.2 Å². The smallest absolute Gasteiger partial charge is 0.338 e. The Hall–Kier alpha value is -2.82. The van der Waals surface area contributed by atoms with Crippen molar-refractivity contribution in [3.8, 4) is 0 Å². The summed E-state index contributed by atoms with van der Waals surface area (Å²) in [5.41, 5.74) is 13.9. The van der Waals surface area contributed by atoms with E-state index in [1.165, 1.54) is 0 Å². The average Bonchev–Trinajstić information content (AvgIpc) is 2.46. The van der Waals surface area contributed by atoms with E-state index in [0.717, 1.165) is 11.1 Å². The molecule has 0 aliphatic carbocycles. The van der Waals surface area contributed by atoms with Gasteiger partial charge < -0.3 is 16.2 Å². The number of hydrogen-bond acceptors (Lipinski definition) is 4. The molecule has 0 bridgehead atoms. The molecule has 21 heavy (non-hydrogen) atoms. The molecule has 2 aromatic rings. The van der Waals surface area contributed by atoms with E-state index >= 15 is 0 Å². The molecule has 0 radical (unpaired) electrons. The van der Waals surface area contributed by atoms with Gasteiger partial charge in [-0.05, 0) is 54.4 Å². The number of hydrogen-bond donors (Lipinski definition) is 2. The summed E-state index contributed by atoms with van der Waals surface area (Å²) in [6.07, 6.45) is 0. The topological polar surface area (TPSA) is 95.4 Å². The number of primary amides is 1. The van der Waals surface area contributed by atoms with E-state index in [0.29, 0.717) is 16.8 Å². The normalized spacial score (nSPS) is 10.1. The quantitative estimate of drug-likeness (QED) is 0.663. The van der Waals surface area contributed by atoms with E-state index in [1.807, 2.05) is 6.92 Å². The van der Waals surface area contributed by atoms with Gasteiger partial charge in [0.25, 0.3) is 0 Å². The Morgan fingerprint density at radius 3 is 2.24 bits per heavy atom. The van der Waals surface area contributed by atoms with Gasteiger partial charge in [-0.2, -0.15) is 0 Å². The first-order chi connectivity index (χ1) is 9.97. The van der Waals surface area contributed by atoms with Crippen LogP contribution >= 0.6 is 0 Å². The molecule has 0 fully saturated rings. The summed E-state index contributed by atoms with van der Waals surface area (Å²) in [4.78, 5) is 22.9. The van der Waals surface area contributed by atoms with Crippen molar-refractivity contribution in [2.24, 2.45) is 5.73 Å². The molecule has 5 nitrogen and oxygen atoms in total. The summed E-state index contributed by atoms with van der Waals surface area (Å²) in [6, 6.07) is 11.5. The zero-order chi connectivity index (χ0) is 15.4. The zero-order valence-corrected chi connectivity index (χ0v) is 11.6. The van der Waals surface area contributed by atoms with Crippen LogP contribution in [0.25, 0.3) is 0 Å². The molecule has 0 unspecified atom stereocenters. The monoisotopic (exact) mass is 284 g/mol. The first-order valence-electron chi connectivity index (χ1n) is 6.39. The summed E-state index contributed by atoms with van der Waals surface area (Å²) < 4.78 is 5.24. The molecule has 0 aromatic heterocycles. The van der Waals surface area contributed by atoms with Crippen LogP contribution in [0, 0.1) is 6.92 Å². The highest BCUT2D eigenvalue weighted by molar-refractivity contribution is 5.93. The van der Waals surface area contributed by atoms with Crippen LogP contribution in [-0.4, -0.2) is 11.9 Å². The minimum Gasteiger partial charge on any atom is -0.457 e. The van der Waals surface area contributed by atoms with Crippen LogP contribution in [0.5, 0.6) is 0 Å². The predicted octanol–water partition coefficient (Wildman–Crippen LogP) is 2.03. The summed E-state index contributed by atoms with van der Waals surface area (Å²) in [7, 11) is 0. The zero-order valence-electron chi connectivity index (χ0n) is 11.6. The fraction of sp³-hybridized carbons (Fsp3) is 0.125. The Balaban J connectivity index is 2.04. The van der Waals surface area contributed by atoms with Crippen molar-refractivity contribution in [1.29, 1.82) is 0 Å². The first kappa shape index (κ1) is 14.6. The molecule has 0 aliphatic heterocycles. The minimum absolute atomic E-state index is 0.133. The van der Waals surface area contributed by atoms with Crippen molar-refractivity contribution in [3.05, 3.63) is 64.7 Å². The van der Waals surface area contributed by atoms with Gasteiger partial charge in [0.15, 0.2) is 0 Å². The van der Waals surface area contributed by atoms with Gasteiger partial charge in [-0.15, -0.1) is 0 Å². The third kappa shape index (κ3) is 3.60. The second kappa shape index (κ2) is 6.09. The number of aryl methyl sites for hydroxylation is 1. The van der Waals surface area contributed by atoms with Gasteiger partial charge in [0, 0.05) is 11.3 Å². The average molecular weight is 284 g/mol. The number of amides is 1. The molecule has 108 valence electrons. The third-order valence-corrected chi connectivity index (χ3v) is 3.13. The maximum absolute atomic E-state index is 11.9. The summed E-state index contributed by atoms with van der Waals surface area (Å²) in [5.74, 6) is -0.906. The predicted molar refractivity (Wildman–Crippen MR) is 79.7 cm³/mol. The minimum atomic E-state index is -0.483. The number of benzene rings is 2. The first-order valence-corrected chi connectivity index (χ1v) is 6.39. The van der Waals surface area contributed by atoms with Gasteiger partial charge in [-0.3, -0.25) is 4.79 Å². The largest absolute Gasteiger partial charge is 0.457 e. The SMILES string of the molecule is Cc1cc(C(N)=O)ccc1COC(=O)c1ccc(N)cc1. The van der Waals surface area contributed by atoms with Crippen LogP contribution in [-0.2, 0) is 11.3 Å². The maximum atomic E-state index is 11.9. The highest BCUT2D eigenvalue weighted by Gasteiger charge is 2.09. The molecule has 4 N–H and O–H groups in total. The van der Waals surface area contributed by atoms with Gasteiger partial charge in [0.05, 0.1) is 5.56 Å². The van der Waals surface area contributed by atoms with Gasteiger partial charge in [0.2, 0.25) is 5.91 Å². The standard InChI is InChI=1S/C16H16N2O3/c1-10-8-12(15(18)19)2-3-13(10)9-21-16(20)11-4-6-14(17)7-5-11/h2-8H,9,17H2,1H3,(H2,18,19). The number of ether oxygens (including phenoxy) is 1. The molecule has 1 amide bonds. The molecule has 0 atom stereocenters. The fourth-order valence-corrected chi connectivity index (χ4v) is 1.86. The van der Waals surface area contributed by atoms with Crippen LogP contribution in [0.15, 0.2) is 42.5 Å². The van der Waals surface area contributed by atoms with E-state index < -0.39 is 11.9 Å². The molecule has 0 saturated heterocycles. The molecule has 2 rings (SSSR count). The van der Waals surface area contributed by atoms with Crippen molar-refractivity contribution < 1.29 is 14.3 Å². The van der Waals surface area contributed by atoms with Crippen molar-refractivity contribution in [2.45, 2.75) is 13.5 Å². The van der Waals surface area contributed by atoms with E-state index in [9.17, 15) is 9.59 Å². The lowest BCUT2D eigenvalue weighted by molar-refractivity contribution is 0.0472. The van der Waals surface area contributed by atoms with E-state index in [2.05, 4.69) is 0 Å². The second-order valence-electron chi connectivity index (χ2n) is 4.70. The highest BCUT2D eigenvalue weighted by atomic mass is 16.5. The van der Waals surface area contributed by atoms with Gasteiger partial charge in [-0.1, -0.05) is 6.07 Å². The lowest BCUT2D eigenvalue weighted by Crippen LogP contribution is -2.12. The second-order valence-corrected chi connectivity index (χ2v) is 4.70. The lowest BCUT2D eigenvalue weighted by Gasteiger charge is -2.09. The van der Waals surface area contributed by atoms with Crippen molar-refractivity contribution in [3.63, 3.8) is 0 Å². The molecule has 2 aromatic carbocycles. The number of nitrogen functional groups attached to an aromatic ring is 1. The molecule has 0 aliphatic rings. The number of anilines is 1. The van der Waals surface area contributed by atoms with Crippen LogP contribution < -0.4 is 11.5 Å².